The molecule has 1 heterocycles. The summed E-state index contributed by atoms with van der Waals surface area (Å²) in [5.41, 5.74) is 2.34. The predicted octanol–water partition coefficient (Wildman–Crippen LogP) is 5.12. The second-order valence-electron chi connectivity index (χ2n) is 5.70. The quantitative estimate of drug-likeness (QED) is 0.786. The highest BCUT2D eigenvalue weighted by molar-refractivity contribution is 5.89. The van der Waals surface area contributed by atoms with Gasteiger partial charge in [0.15, 0.2) is 0 Å². The van der Waals surface area contributed by atoms with Crippen LogP contribution in [-0.2, 0) is 0 Å². The number of urea groups is 1. The molecule has 0 spiro atoms. The number of benzene rings is 2. The minimum Gasteiger partial charge on any atom is -0.322 e. The van der Waals surface area contributed by atoms with Crippen molar-refractivity contribution in [3.8, 4) is 0 Å². The van der Waals surface area contributed by atoms with Crippen LogP contribution in [0, 0.1) is 0 Å². The summed E-state index contributed by atoms with van der Waals surface area (Å²) in [6.45, 7) is 2.91. The van der Waals surface area contributed by atoms with Crippen LogP contribution in [0.25, 0.3) is 0 Å². The summed E-state index contributed by atoms with van der Waals surface area (Å²) < 4.78 is 0. The van der Waals surface area contributed by atoms with Crippen LogP contribution in [-0.4, -0.2) is 23.5 Å². The highest BCUT2D eigenvalue weighted by atomic mass is 16.2. The topological polar surface area (TPSA) is 57.1 Å². The van der Waals surface area contributed by atoms with Gasteiger partial charge in [-0.25, -0.2) is 4.79 Å². The van der Waals surface area contributed by atoms with Crippen molar-refractivity contribution >= 4 is 23.1 Å². The second-order valence-corrected chi connectivity index (χ2v) is 5.70. The van der Waals surface area contributed by atoms with Crippen molar-refractivity contribution in [2.45, 2.75) is 25.8 Å². The van der Waals surface area contributed by atoms with Gasteiger partial charge in [0, 0.05) is 18.3 Å². The van der Waals surface area contributed by atoms with E-state index in [0.717, 1.165) is 36.4 Å². The summed E-state index contributed by atoms with van der Waals surface area (Å²) in [6.07, 6.45) is 2.15. The van der Waals surface area contributed by atoms with Crippen LogP contribution < -0.4 is 5.32 Å². The maximum atomic E-state index is 12.2. The summed E-state index contributed by atoms with van der Waals surface area (Å²) in [6, 6.07) is 17.2. The standard InChI is InChI=1S/C18H20N4O/c1-14-6-5-13-22(14)18(23)19-15-9-11-17(12-10-15)21-20-16-7-3-2-4-8-16/h2-4,7-12,14H,5-6,13H2,1H3,(H,19,23)/t14-/m1/s1. The number of hydrogen-bond acceptors (Lipinski definition) is 3. The molecule has 0 bridgehead atoms. The molecule has 1 aliphatic heterocycles. The Morgan fingerprint density at radius 3 is 2.30 bits per heavy atom. The van der Waals surface area contributed by atoms with Crippen LogP contribution in [0.4, 0.5) is 21.9 Å². The van der Waals surface area contributed by atoms with E-state index in [-0.39, 0.29) is 6.03 Å². The summed E-state index contributed by atoms with van der Waals surface area (Å²) in [4.78, 5) is 14.1. The second kappa shape index (κ2) is 7.05. The molecule has 3 rings (SSSR count). The Bertz CT molecular complexity index is 682. The van der Waals surface area contributed by atoms with E-state index in [2.05, 4.69) is 22.5 Å². The van der Waals surface area contributed by atoms with E-state index in [1.54, 1.807) is 0 Å². The van der Waals surface area contributed by atoms with E-state index < -0.39 is 0 Å². The fourth-order valence-electron chi connectivity index (χ4n) is 2.65. The molecule has 118 valence electrons. The molecule has 1 saturated heterocycles. The maximum absolute atomic E-state index is 12.2. The molecule has 0 saturated carbocycles. The van der Waals surface area contributed by atoms with E-state index >= 15 is 0 Å². The lowest BCUT2D eigenvalue weighted by atomic mass is 10.2. The first-order valence-corrected chi connectivity index (χ1v) is 7.87. The molecule has 2 amide bonds. The number of hydrogen-bond donors (Lipinski definition) is 1. The van der Waals surface area contributed by atoms with Crippen molar-refractivity contribution < 1.29 is 4.79 Å². The van der Waals surface area contributed by atoms with Gasteiger partial charge in [-0.05, 0) is 56.2 Å². The molecule has 0 unspecified atom stereocenters. The number of likely N-dealkylation sites (tertiary alicyclic amines) is 1. The third kappa shape index (κ3) is 3.94. The van der Waals surface area contributed by atoms with Crippen molar-refractivity contribution in [2.24, 2.45) is 10.2 Å². The summed E-state index contributed by atoms with van der Waals surface area (Å²) in [5.74, 6) is 0. The molecule has 1 atom stereocenters. The number of carbonyl (C=O) groups is 1. The van der Waals surface area contributed by atoms with E-state index in [1.165, 1.54) is 0 Å². The Morgan fingerprint density at radius 1 is 1.04 bits per heavy atom. The first-order chi connectivity index (χ1) is 11.2. The summed E-state index contributed by atoms with van der Waals surface area (Å²) in [5, 5.41) is 11.3. The fourth-order valence-corrected chi connectivity index (χ4v) is 2.65. The van der Waals surface area contributed by atoms with Crippen LogP contribution >= 0.6 is 0 Å². The first kappa shape index (κ1) is 15.2. The number of anilines is 1. The summed E-state index contributed by atoms with van der Waals surface area (Å²) >= 11 is 0. The number of nitrogens with zero attached hydrogens (tertiary/aromatic N) is 3. The van der Waals surface area contributed by atoms with Gasteiger partial charge in [0.25, 0.3) is 0 Å². The van der Waals surface area contributed by atoms with Gasteiger partial charge >= 0.3 is 6.03 Å². The van der Waals surface area contributed by atoms with Gasteiger partial charge in [-0.2, -0.15) is 10.2 Å². The van der Waals surface area contributed by atoms with Crippen LogP contribution in [0.15, 0.2) is 64.8 Å². The fraction of sp³-hybridized carbons (Fsp3) is 0.278. The van der Waals surface area contributed by atoms with Crippen LogP contribution in [0.3, 0.4) is 0 Å². The average Bonchev–Trinajstić information content (AvgIpc) is 3.01. The molecule has 5 heteroatoms. The molecule has 0 aromatic heterocycles. The van der Waals surface area contributed by atoms with Gasteiger partial charge in [-0.15, -0.1) is 0 Å². The smallest absolute Gasteiger partial charge is 0.322 e. The molecule has 23 heavy (non-hydrogen) atoms. The van der Waals surface area contributed by atoms with E-state index in [4.69, 9.17) is 0 Å². The number of nitrogens with one attached hydrogen (secondary N) is 1. The Hall–Kier alpha value is -2.69. The number of carbonyl (C=O) groups excluding carboxylic acids is 1. The molecule has 0 radical (unpaired) electrons. The molecule has 1 aliphatic rings. The first-order valence-electron chi connectivity index (χ1n) is 7.87. The van der Waals surface area contributed by atoms with Gasteiger partial charge in [0.05, 0.1) is 11.4 Å². The van der Waals surface area contributed by atoms with Gasteiger partial charge in [0.2, 0.25) is 0 Å². The molecular weight excluding hydrogens is 288 g/mol. The Balaban J connectivity index is 1.61. The lowest BCUT2D eigenvalue weighted by molar-refractivity contribution is 0.210. The van der Waals surface area contributed by atoms with E-state index in [0.29, 0.717) is 6.04 Å². The minimum absolute atomic E-state index is 0.0336. The molecule has 0 aliphatic carbocycles. The highest BCUT2D eigenvalue weighted by Gasteiger charge is 2.24. The number of amides is 2. The molecule has 2 aromatic carbocycles. The van der Waals surface area contributed by atoms with Crippen LogP contribution in [0.1, 0.15) is 19.8 Å². The third-order valence-corrected chi connectivity index (χ3v) is 3.97. The zero-order valence-corrected chi connectivity index (χ0v) is 13.1. The molecular formula is C18H20N4O. The Kier molecular flexibility index (Phi) is 4.66. The lowest BCUT2D eigenvalue weighted by Crippen LogP contribution is -2.37. The minimum atomic E-state index is -0.0336. The highest BCUT2D eigenvalue weighted by Crippen LogP contribution is 2.21. The van der Waals surface area contributed by atoms with E-state index in [9.17, 15) is 4.79 Å². The molecule has 1 fully saturated rings. The monoisotopic (exact) mass is 308 g/mol. The Morgan fingerprint density at radius 2 is 1.70 bits per heavy atom. The number of azo groups is 1. The van der Waals surface area contributed by atoms with Crippen molar-refractivity contribution in [2.75, 3.05) is 11.9 Å². The SMILES string of the molecule is C[C@@H]1CCCN1C(=O)Nc1ccc(N=Nc2ccccc2)cc1. The largest absolute Gasteiger partial charge is 0.322 e. The zero-order chi connectivity index (χ0) is 16.1. The van der Waals surface area contributed by atoms with Crippen molar-refractivity contribution in [3.63, 3.8) is 0 Å². The average molecular weight is 308 g/mol. The van der Waals surface area contributed by atoms with Gasteiger partial charge in [-0.1, -0.05) is 18.2 Å². The zero-order valence-electron chi connectivity index (χ0n) is 13.1. The van der Waals surface area contributed by atoms with E-state index in [1.807, 2.05) is 59.5 Å². The van der Waals surface area contributed by atoms with Crippen molar-refractivity contribution in [1.82, 2.24) is 4.90 Å². The van der Waals surface area contributed by atoms with Crippen molar-refractivity contribution in [1.29, 1.82) is 0 Å². The number of rotatable bonds is 3. The predicted molar refractivity (Wildman–Crippen MR) is 91.5 cm³/mol. The van der Waals surface area contributed by atoms with Gasteiger partial charge in [-0.3, -0.25) is 0 Å². The van der Waals surface area contributed by atoms with Crippen molar-refractivity contribution in [3.05, 3.63) is 54.6 Å². The normalized spacial score (nSPS) is 17.6. The third-order valence-electron chi connectivity index (χ3n) is 3.97. The van der Waals surface area contributed by atoms with Gasteiger partial charge < -0.3 is 10.2 Å². The summed E-state index contributed by atoms with van der Waals surface area (Å²) in [7, 11) is 0. The van der Waals surface area contributed by atoms with Gasteiger partial charge in [0.1, 0.15) is 0 Å². The lowest BCUT2D eigenvalue weighted by Gasteiger charge is -2.21. The molecule has 5 nitrogen and oxygen atoms in total. The molecule has 1 N–H and O–H groups in total. The van der Waals surface area contributed by atoms with Crippen LogP contribution in [0.2, 0.25) is 0 Å². The Labute approximate surface area is 136 Å². The molecule has 2 aromatic rings. The van der Waals surface area contributed by atoms with Crippen LogP contribution in [0.5, 0.6) is 0 Å². The maximum Gasteiger partial charge on any atom is 0.322 e.